The van der Waals surface area contributed by atoms with Crippen LogP contribution in [0, 0.1) is 5.41 Å². The predicted molar refractivity (Wildman–Crippen MR) is 61.6 cm³/mol. The van der Waals surface area contributed by atoms with Gasteiger partial charge in [0, 0.05) is 6.92 Å². The van der Waals surface area contributed by atoms with E-state index in [1.54, 1.807) is 6.92 Å². The van der Waals surface area contributed by atoms with Gasteiger partial charge in [0.25, 0.3) is 5.79 Å². The Balaban J connectivity index is 3.21. The van der Waals surface area contributed by atoms with Gasteiger partial charge in [0.1, 0.15) is 0 Å². The minimum atomic E-state index is -5.83. The van der Waals surface area contributed by atoms with E-state index in [1.165, 1.54) is 13.8 Å². The molecule has 0 aromatic rings. The molecule has 2 unspecified atom stereocenters. The highest BCUT2D eigenvalue weighted by atomic mass is 19.4. The van der Waals surface area contributed by atoms with Crippen molar-refractivity contribution in [1.82, 2.24) is 0 Å². The zero-order valence-electron chi connectivity index (χ0n) is 12.4. The number of carbonyl (C=O) groups excluding carboxylic acids is 1. The second-order valence-electron chi connectivity index (χ2n) is 5.70. The summed E-state index contributed by atoms with van der Waals surface area (Å²) in [6.07, 6.45) is -5.64. The standard InChI is InChI=1S/C12H17F5O5/c1-5-8(2,3)7(18)22-9(4)10(13,14)11(19,12(15,16)17)21-6-20-9/h19H,5-6H2,1-4H3. The molecule has 1 saturated heterocycles. The van der Waals surface area contributed by atoms with Crippen molar-refractivity contribution in [2.45, 2.75) is 57.8 Å². The molecule has 0 bridgehead atoms. The van der Waals surface area contributed by atoms with Crippen molar-refractivity contribution in [2.24, 2.45) is 5.41 Å². The Labute approximate surface area is 123 Å². The molecule has 0 aliphatic carbocycles. The van der Waals surface area contributed by atoms with Crippen LogP contribution in [0.15, 0.2) is 0 Å². The van der Waals surface area contributed by atoms with Gasteiger partial charge in [-0.05, 0) is 20.3 Å². The first-order valence-corrected chi connectivity index (χ1v) is 6.33. The fraction of sp³-hybridized carbons (Fsp3) is 0.917. The topological polar surface area (TPSA) is 65.0 Å². The molecule has 0 spiro atoms. The molecule has 0 amide bonds. The van der Waals surface area contributed by atoms with Crippen LogP contribution in [0.5, 0.6) is 0 Å². The van der Waals surface area contributed by atoms with Gasteiger partial charge in [-0.2, -0.15) is 22.0 Å². The van der Waals surface area contributed by atoms with Crippen LogP contribution in [-0.2, 0) is 19.0 Å². The third kappa shape index (κ3) is 2.67. The van der Waals surface area contributed by atoms with Crippen molar-refractivity contribution in [3.8, 4) is 0 Å². The molecule has 0 saturated carbocycles. The molecule has 1 aliphatic heterocycles. The Morgan fingerprint density at radius 3 is 2.18 bits per heavy atom. The molecule has 0 aromatic carbocycles. The maximum atomic E-state index is 14.2. The Kier molecular flexibility index (Phi) is 4.57. The highest BCUT2D eigenvalue weighted by Gasteiger charge is 2.81. The number of ether oxygens (including phenoxy) is 3. The Morgan fingerprint density at radius 2 is 1.77 bits per heavy atom. The number of rotatable bonds is 3. The number of hydrogen-bond acceptors (Lipinski definition) is 5. The summed E-state index contributed by atoms with van der Waals surface area (Å²) in [7, 11) is 0. The maximum absolute atomic E-state index is 14.2. The molecule has 0 aromatic heterocycles. The predicted octanol–water partition coefficient (Wildman–Crippen LogP) is 2.57. The molecular weight excluding hydrogens is 319 g/mol. The van der Waals surface area contributed by atoms with Gasteiger partial charge in [-0.1, -0.05) is 6.92 Å². The summed E-state index contributed by atoms with van der Waals surface area (Å²) in [4.78, 5) is 11.9. The summed E-state index contributed by atoms with van der Waals surface area (Å²) >= 11 is 0. The van der Waals surface area contributed by atoms with Gasteiger partial charge < -0.3 is 19.3 Å². The average Bonchev–Trinajstić information content (AvgIpc) is 2.35. The van der Waals surface area contributed by atoms with Gasteiger partial charge >= 0.3 is 23.9 Å². The molecule has 5 nitrogen and oxygen atoms in total. The van der Waals surface area contributed by atoms with Crippen molar-refractivity contribution in [3.63, 3.8) is 0 Å². The summed E-state index contributed by atoms with van der Waals surface area (Å²) in [5, 5.41) is 9.28. The number of esters is 1. The van der Waals surface area contributed by atoms with E-state index in [2.05, 4.69) is 14.2 Å². The van der Waals surface area contributed by atoms with E-state index in [1.807, 2.05) is 0 Å². The lowest BCUT2D eigenvalue weighted by Crippen LogP contribution is -2.73. The first kappa shape index (κ1) is 19.0. The molecule has 0 radical (unpaired) electrons. The molecule has 1 heterocycles. The number of halogens is 5. The second-order valence-corrected chi connectivity index (χ2v) is 5.70. The average molecular weight is 336 g/mol. The summed E-state index contributed by atoms with van der Waals surface area (Å²) < 4.78 is 79.2. The third-order valence-corrected chi connectivity index (χ3v) is 3.71. The minimum absolute atomic E-state index is 0.188. The number of hydrogen-bond donors (Lipinski definition) is 1. The Bertz CT molecular complexity index is 450. The lowest BCUT2D eigenvalue weighted by molar-refractivity contribution is -0.526. The molecular formula is C12H17F5O5. The normalized spacial score (nSPS) is 32.6. The first-order valence-electron chi connectivity index (χ1n) is 6.33. The van der Waals surface area contributed by atoms with Crippen LogP contribution >= 0.6 is 0 Å². The van der Waals surface area contributed by atoms with Crippen molar-refractivity contribution in [3.05, 3.63) is 0 Å². The summed E-state index contributed by atoms with van der Waals surface area (Å²) in [5.74, 6) is -14.4. The zero-order chi connectivity index (χ0) is 17.6. The van der Waals surface area contributed by atoms with E-state index >= 15 is 0 Å². The molecule has 2 atom stereocenters. The van der Waals surface area contributed by atoms with E-state index in [-0.39, 0.29) is 6.42 Å². The first-order chi connectivity index (χ1) is 9.65. The molecule has 10 heteroatoms. The van der Waals surface area contributed by atoms with E-state index in [4.69, 9.17) is 0 Å². The Hall–Kier alpha value is -1.00. The Morgan fingerprint density at radius 1 is 1.27 bits per heavy atom. The lowest BCUT2D eigenvalue weighted by atomic mass is 9.90. The lowest BCUT2D eigenvalue weighted by Gasteiger charge is -2.48. The zero-order valence-corrected chi connectivity index (χ0v) is 12.4. The van der Waals surface area contributed by atoms with E-state index in [9.17, 15) is 31.9 Å². The van der Waals surface area contributed by atoms with E-state index in [0.717, 1.165) is 0 Å². The largest absolute Gasteiger partial charge is 0.450 e. The summed E-state index contributed by atoms with van der Waals surface area (Å²) in [5.41, 5.74) is -1.23. The van der Waals surface area contributed by atoms with Crippen LogP contribution in [-0.4, -0.2) is 41.5 Å². The minimum Gasteiger partial charge on any atom is -0.426 e. The van der Waals surface area contributed by atoms with Gasteiger partial charge in [-0.15, -0.1) is 0 Å². The molecule has 1 rings (SSSR count). The molecule has 130 valence electrons. The van der Waals surface area contributed by atoms with Crippen molar-refractivity contribution >= 4 is 5.97 Å². The van der Waals surface area contributed by atoms with E-state index < -0.39 is 41.9 Å². The highest BCUT2D eigenvalue weighted by Crippen LogP contribution is 2.52. The van der Waals surface area contributed by atoms with Crippen molar-refractivity contribution in [1.29, 1.82) is 0 Å². The summed E-state index contributed by atoms with van der Waals surface area (Å²) in [6, 6.07) is 0. The van der Waals surface area contributed by atoms with Crippen LogP contribution in [0.3, 0.4) is 0 Å². The van der Waals surface area contributed by atoms with Crippen LogP contribution in [0.4, 0.5) is 22.0 Å². The molecule has 1 fully saturated rings. The highest BCUT2D eigenvalue weighted by molar-refractivity contribution is 5.76. The smallest absolute Gasteiger partial charge is 0.426 e. The number of alkyl halides is 5. The fourth-order valence-electron chi connectivity index (χ4n) is 1.53. The van der Waals surface area contributed by atoms with Gasteiger partial charge in [-0.25, -0.2) is 0 Å². The SMILES string of the molecule is CCC(C)(C)C(=O)OC1(C)OCOC(O)(C(F)(F)F)C1(F)F. The van der Waals surface area contributed by atoms with Crippen molar-refractivity contribution in [2.75, 3.05) is 6.79 Å². The monoisotopic (exact) mass is 336 g/mol. The van der Waals surface area contributed by atoms with Gasteiger partial charge in [-0.3, -0.25) is 4.79 Å². The second kappa shape index (κ2) is 5.27. The van der Waals surface area contributed by atoms with Gasteiger partial charge in [0.2, 0.25) is 0 Å². The maximum Gasteiger partial charge on any atom is 0.450 e. The van der Waals surface area contributed by atoms with Crippen molar-refractivity contribution < 1.29 is 46.1 Å². The quantitative estimate of drug-likeness (QED) is 0.634. The fourth-order valence-corrected chi connectivity index (χ4v) is 1.53. The molecule has 22 heavy (non-hydrogen) atoms. The van der Waals surface area contributed by atoms with Crippen LogP contribution in [0.2, 0.25) is 0 Å². The molecule has 1 N–H and O–H groups in total. The van der Waals surface area contributed by atoms with Crippen LogP contribution in [0.1, 0.15) is 34.1 Å². The number of aliphatic hydroxyl groups is 1. The molecule has 1 aliphatic rings. The van der Waals surface area contributed by atoms with Gasteiger partial charge in [0.05, 0.1) is 5.41 Å². The third-order valence-electron chi connectivity index (χ3n) is 3.71. The van der Waals surface area contributed by atoms with Crippen LogP contribution in [0.25, 0.3) is 0 Å². The van der Waals surface area contributed by atoms with Gasteiger partial charge in [0.15, 0.2) is 6.79 Å². The van der Waals surface area contributed by atoms with Crippen LogP contribution < -0.4 is 0 Å². The summed E-state index contributed by atoms with van der Waals surface area (Å²) in [6.45, 7) is 3.41. The number of carbonyl (C=O) groups is 1. The van der Waals surface area contributed by atoms with E-state index in [0.29, 0.717) is 6.92 Å².